The van der Waals surface area contributed by atoms with Crippen LogP contribution in [-0.2, 0) is 0 Å². The van der Waals surface area contributed by atoms with Gasteiger partial charge in [-0.15, -0.1) is 0 Å². The number of rotatable bonds is 4. The number of aromatic nitrogens is 2. The van der Waals surface area contributed by atoms with Gasteiger partial charge in [0.05, 0.1) is 11.0 Å². The van der Waals surface area contributed by atoms with E-state index in [2.05, 4.69) is 47.9 Å². The first-order valence-electron chi connectivity index (χ1n) is 5.87. The zero-order valence-corrected chi connectivity index (χ0v) is 11.4. The molecule has 1 aromatic heterocycles. The van der Waals surface area contributed by atoms with Gasteiger partial charge in [-0.25, -0.2) is 4.98 Å². The van der Waals surface area contributed by atoms with Gasteiger partial charge in [0.25, 0.3) is 0 Å². The first-order valence-corrected chi connectivity index (χ1v) is 7.26. The van der Waals surface area contributed by atoms with E-state index in [9.17, 15) is 0 Å². The minimum Gasteiger partial charge on any atom is -0.369 e. The maximum Gasteiger partial charge on any atom is 0.201 e. The second-order valence-corrected chi connectivity index (χ2v) is 5.40. The summed E-state index contributed by atoms with van der Waals surface area (Å²) in [5, 5.41) is 0. The lowest BCUT2D eigenvalue weighted by Gasteiger charge is -2.15. The molecule has 0 amide bonds. The Morgan fingerprint density at radius 1 is 1.47 bits per heavy atom. The first kappa shape index (κ1) is 12.3. The third-order valence-electron chi connectivity index (χ3n) is 3.13. The normalized spacial score (nSPS) is 13.1. The highest BCUT2D eigenvalue weighted by Crippen LogP contribution is 2.26. The van der Waals surface area contributed by atoms with Gasteiger partial charge >= 0.3 is 0 Å². The van der Waals surface area contributed by atoms with Crippen molar-refractivity contribution in [2.75, 3.05) is 17.7 Å². The lowest BCUT2D eigenvalue weighted by atomic mass is 10.2. The zero-order chi connectivity index (χ0) is 12.4. The molecule has 1 aromatic carbocycles. The molecular weight excluding hydrogens is 230 g/mol. The average Bonchev–Trinajstić information content (AvgIpc) is 2.64. The number of hydrogen-bond donors (Lipinski definition) is 1. The standard InChI is InChI=1S/C13H19N3S/c1-9-5-4-6-11-12(9)15-13(14)16(11)10(2)7-8-17-3/h4-6,10H,7-8H2,1-3H3,(H2,14,15). The third kappa shape index (κ3) is 2.27. The predicted octanol–water partition coefficient (Wildman–Crippen LogP) is 3.24. The van der Waals surface area contributed by atoms with Crippen molar-refractivity contribution in [1.29, 1.82) is 0 Å². The van der Waals surface area contributed by atoms with E-state index in [1.807, 2.05) is 11.8 Å². The number of benzene rings is 1. The van der Waals surface area contributed by atoms with Crippen molar-refractivity contribution in [2.45, 2.75) is 26.3 Å². The molecule has 0 aliphatic heterocycles. The Labute approximate surface area is 106 Å². The molecule has 0 fully saturated rings. The largest absolute Gasteiger partial charge is 0.369 e. The Bertz CT molecular complexity index is 519. The van der Waals surface area contributed by atoms with Gasteiger partial charge in [0.1, 0.15) is 0 Å². The molecule has 3 nitrogen and oxygen atoms in total. The maximum absolute atomic E-state index is 6.04. The maximum atomic E-state index is 6.04. The minimum atomic E-state index is 0.397. The number of nitrogens with two attached hydrogens (primary N) is 1. The van der Waals surface area contributed by atoms with Crippen LogP contribution in [0, 0.1) is 6.92 Å². The van der Waals surface area contributed by atoms with E-state index in [-0.39, 0.29) is 0 Å². The summed E-state index contributed by atoms with van der Waals surface area (Å²) in [5.41, 5.74) is 9.40. The number of para-hydroxylation sites is 1. The van der Waals surface area contributed by atoms with Gasteiger partial charge in [-0.1, -0.05) is 12.1 Å². The van der Waals surface area contributed by atoms with Crippen molar-refractivity contribution >= 4 is 28.7 Å². The molecule has 1 heterocycles. The molecule has 0 saturated carbocycles. The molecule has 0 aliphatic carbocycles. The number of nitrogens with zero attached hydrogens (tertiary/aromatic N) is 2. The van der Waals surface area contributed by atoms with Gasteiger partial charge in [-0.05, 0) is 43.9 Å². The Balaban J connectivity index is 2.46. The molecule has 0 bridgehead atoms. The fraction of sp³-hybridized carbons (Fsp3) is 0.462. The van der Waals surface area contributed by atoms with Gasteiger partial charge in [0, 0.05) is 6.04 Å². The monoisotopic (exact) mass is 249 g/mol. The zero-order valence-electron chi connectivity index (χ0n) is 10.6. The molecule has 0 saturated heterocycles. The summed E-state index contributed by atoms with van der Waals surface area (Å²) in [6.07, 6.45) is 3.25. The highest BCUT2D eigenvalue weighted by molar-refractivity contribution is 7.98. The molecule has 0 aliphatic rings. The summed E-state index contributed by atoms with van der Waals surface area (Å²) in [5.74, 6) is 1.77. The molecule has 4 heteroatoms. The summed E-state index contributed by atoms with van der Waals surface area (Å²) in [6.45, 7) is 4.28. The van der Waals surface area contributed by atoms with E-state index in [0.29, 0.717) is 12.0 Å². The highest BCUT2D eigenvalue weighted by Gasteiger charge is 2.14. The van der Waals surface area contributed by atoms with E-state index in [1.165, 1.54) is 5.56 Å². The van der Waals surface area contributed by atoms with E-state index < -0.39 is 0 Å². The first-order chi connectivity index (χ1) is 8.15. The number of hydrogen-bond acceptors (Lipinski definition) is 3. The van der Waals surface area contributed by atoms with E-state index in [4.69, 9.17) is 5.73 Å². The topological polar surface area (TPSA) is 43.8 Å². The van der Waals surface area contributed by atoms with Crippen LogP contribution in [-0.4, -0.2) is 21.6 Å². The summed E-state index contributed by atoms with van der Waals surface area (Å²) >= 11 is 1.87. The van der Waals surface area contributed by atoms with Crippen LogP contribution in [0.15, 0.2) is 18.2 Å². The minimum absolute atomic E-state index is 0.397. The Morgan fingerprint density at radius 2 is 2.24 bits per heavy atom. The lowest BCUT2D eigenvalue weighted by Crippen LogP contribution is -2.09. The second-order valence-electron chi connectivity index (χ2n) is 4.41. The number of aryl methyl sites for hydroxylation is 1. The number of thioether (sulfide) groups is 1. The lowest BCUT2D eigenvalue weighted by molar-refractivity contribution is 0.556. The van der Waals surface area contributed by atoms with Crippen LogP contribution in [0.1, 0.15) is 24.9 Å². The Hall–Kier alpha value is -1.16. The second kappa shape index (κ2) is 5.00. The Morgan fingerprint density at radius 3 is 2.94 bits per heavy atom. The number of imidazole rings is 1. The van der Waals surface area contributed by atoms with Gasteiger partial charge in [0.15, 0.2) is 0 Å². The molecule has 17 heavy (non-hydrogen) atoms. The number of anilines is 1. The van der Waals surface area contributed by atoms with Crippen molar-refractivity contribution in [1.82, 2.24) is 9.55 Å². The van der Waals surface area contributed by atoms with Gasteiger partial charge in [-0.2, -0.15) is 11.8 Å². The number of nitrogen functional groups attached to an aromatic ring is 1. The third-order valence-corrected chi connectivity index (χ3v) is 3.77. The SMILES string of the molecule is CSCCC(C)n1c(N)nc2c(C)cccc21. The summed E-state index contributed by atoms with van der Waals surface area (Å²) in [7, 11) is 0. The summed E-state index contributed by atoms with van der Waals surface area (Å²) in [6, 6.07) is 6.64. The molecule has 2 rings (SSSR count). The molecule has 2 N–H and O–H groups in total. The molecule has 2 aromatic rings. The quantitative estimate of drug-likeness (QED) is 0.904. The van der Waals surface area contributed by atoms with Gasteiger partial charge < -0.3 is 10.3 Å². The van der Waals surface area contributed by atoms with Crippen LogP contribution in [0.25, 0.3) is 11.0 Å². The van der Waals surface area contributed by atoms with Crippen LogP contribution in [0.2, 0.25) is 0 Å². The smallest absolute Gasteiger partial charge is 0.201 e. The summed E-state index contributed by atoms with van der Waals surface area (Å²) in [4.78, 5) is 4.48. The van der Waals surface area contributed by atoms with Crippen molar-refractivity contribution in [3.63, 3.8) is 0 Å². The Kier molecular flexibility index (Phi) is 3.62. The van der Waals surface area contributed by atoms with Crippen molar-refractivity contribution in [3.8, 4) is 0 Å². The average molecular weight is 249 g/mol. The van der Waals surface area contributed by atoms with E-state index in [0.717, 1.165) is 23.2 Å². The van der Waals surface area contributed by atoms with Crippen molar-refractivity contribution in [2.24, 2.45) is 0 Å². The van der Waals surface area contributed by atoms with Crippen LogP contribution >= 0.6 is 11.8 Å². The predicted molar refractivity (Wildman–Crippen MR) is 76.6 cm³/mol. The van der Waals surface area contributed by atoms with E-state index in [1.54, 1.807) is 0 Å². The van der Waals surface area contributed by atoms with Gasteiger partial charge in [-0.3, -0.25) is 0 Å². The fourth-order valence-electron chi connectivity index (χ4n) is 2.16. The van der Waals surface area contributed by atoms with E-state index >= 15 is 0 Å². The van der Waals surface area contributed by atoms with Crippen LogP contribution in [0.5, 0.6) is 0 Å². The molecule has 1 unspecified atom stereocenters. The highest BCUT2D eigenvalue weighted by atomic mass is 32.2. The van der Waals surface area contributed by atoms with Crippen molar-refractivity contribution in [3.05, 3.63) is 23.8 Å². The molecule has 0 radical (unpaired) electrons. The van der Waals surface area contributed by atoms with Crippen LogP contribution in [0.4, 0.5) is 5.95 Å². The number of fused-ring (bicyclic) bond motifs is 1. The molecular formula is C13H19N3S. The van der Waals surface area contributed by atoms with Crippen LogP contribution in [0.3, 0.4) is 0 Å². The molecule has 1 atom stereocenters. The fourth-order valence-corrected chi connectivity index (χ4v) is 2.73. The summed E-state index contributed by atoms with van der Waals surface area (Å²) < 4.78 is 2.15. The molecule has 0 spiro atoms. The van der Waals surface area contributed by atoms with Crippen molar-refractivity contribution < 1.29 is 0 Å². The van der Waals surface area contributed by atoms with Gasteiger partial charge in [0.2, 0.25) is 5.95 Å². The molecule has 92 valence electrons. The van der Waals surface area contributed by atoms with Crippen LogP contribution < -0.4 is 5.73 Å².